The smallest absolute Gasteiger partial charge is 0.248 e. The van der Waals surface area contributed by atoms with Crippen LogP contribution in [0.5, 0.6) is 0 Å². The number of rotatable bonds is 6. The number of nitrogens with two attached hydrogens (primary N) is 1. The lowest BCUT2D eigenvalue weighted by Gasteiger charge is -2.22. The molecule has 2 aromatic carbocycles. The Hall–Kier alpha value is -2.18. The SMILES string of the molecule is CC(C)C(NS(=O)(=O)c1ccc(C(N)=O)cc1)c1ccccc1. The van der Waals surface area contributed by atoms with Gasteiger partial charge in [-0.1, -0.05) is 44.2 Å². The first-order valence-electron chi connectivity index (χ1n) is 7.28. The van der Waals surface area contributed by atoms with Gasteiger partial charge in [0.2, 0.25) is 15.9 Å². The summed E-state index contributed by atoms with van der Waals surface area (Å²) in [7, 11) is -3.70. The molecule has 0 saturated carbocycles. The molecular formula is C17H20N2O3S. The van der Waals surface area contributed by atoms with Crippen LogP contribution in [0.3, 0.4) is 0 Å². The molecule has 0 aliphatic rings. The lowest BCUT2D eigenvalue weighted by Crippen LogP contribution is -2.31. The van der Waals surface area contributed by atoms with Gasteiger partial charge < -0.3 is 5.73 Å². The van der Waals surface area contributed by atoms with Crippen LogP contribution in [0.2, 0.25) is 0 Å². The molecule has 0 saturated heterocycles. The van der Waals surface area contributed by atoms with Gasteiger partial charge in [-0.25, -0.2) is 13.1 Å². The van der Waals surface area contributed by atoms with Crippen molar-refractivity contribution in [3.8, 4) is 0 Å². The molecule has 0 aliphatic carbocycles. The highest BCUT2D eigenvalue weighted by Crippen LogP contribution is 2.24. The number of hydrogen-bond acceptors (Lipinski definition) is 3. The third-order valence-corrected chi connectivity index (χ3v) is 5.01. The van der Waals surface area contributed by atoms with Crippen LogP contribution in [0, 0.1) is 5.92 Å². The Morgan fingerprint density at radius 1 is 1.00 bits per heavy atom. The fraction of sp³-hybridized carbons (Fsp3) is 0.235. The second-order valence-electron chi connectivity index (χ2n) is 5.64. The molecule has 122 valence electrons. The molecule has 23 heavy (non-hydrogen) atoms. The molecule has 0 radical (unpaired) electrons. The molecule has 1 amide bonds. The summed E-state index contributed by atoms with van der Waals surface area (Å²) in [5.74, 6) is -0.511. The first-order chi connectivity index (χ1) is 10.8. The van der Waals surface area contributed by atoms with Crippen LogP contribution in [0.15, 0.2) is 59.5 Å². The first-order valence-corrected chi connectivity index (χ1v) is 8.76. The summed E-state index contributed by atoms with van der Waals surface area (Å²) in [6, 6.07) is 14.7. The zero-order valence-corrected chi connectivity index (χ0v) is 13.9. The van der Waals surface area contributed by atoms with Gasteiger partial charge >= 0.3 is 0 Å². The van der Waals surface area contributed by atoms with E-state index in [1.165, 1.54) is 24.3 Å². The fourth-order valence-corrected chi connectivity index (χ4v) is 3.66. The van der Waals surface area contributed by atoms with Crippen LogP contribution in [0.25, 0.3) is 0 Å². The van der Waals surface area contributed by atoms with E-state index in [4.69, 9.17) is 5.73 Å². The van der Waals surface area contributed by atoms with Gasteiger partial charge in [-0.05, 0) is 35.7 Å². The van der Waals surface area contributed by atoms with Crippen molar-refractivity contribution in [1.29, 1.82) is 0 Å². The minimum atomic E-state index is -3.70. The summed E-state index contributed by atoms with van der Waals surface area (Å²) in [6.07, 6.45) is 0. The van der Waals surface area contributed by atoms with E-state index < -0.39 is 15.9 Å². The van der Waals surface area contributed by atoms with Crippen molar-refractivity contribution in [1.82, 2.24) is 4.72 Å². The predicted octanol–water partition coefficient (Wildman–Crippen LogP) is 2.46. The van der Waals surface area contributed by atoms with Crippen molar-refractivity contribution >= 4 is 15.9 Å². The van der Waals surface area contributed by atoms with Crippen molar-refractivity contribution in [2.75, 3.05) is 0 Å². The molecule has 0 bridgehead atoms. The minimum Gasteiger partial charge on any atom is -0.366 e. The minimum absolute atomic E-state index is 0.0806. The quantitative estimate of drug-likeness (QED) is 0.851. The zero-order valence-electron chi connectivity index (χ0n) is 13.1. The predicted molar refractivity (Wildman–Crippen MR) is 89.3 cm³/mol. The van der Waals surface area contributed by atoms with E-state index in [0.717, 1.165) is 5.56 Å². The normalized spacial score (nSPS) is 13.0. The lowest BCUT2D eigenvalue weighted by atomic mass is 9.97. The number of sulfonamides is 1. The highest BCUT2D eigenvalue weighted by Gasteiger charge is 2.23. The number of primary amides is 1. The van der Waals surface area contributed by atoms with E-state index in [1.54, 1.807) is 0 Å². The maximum Gasteiger partial charge on any atom is 0.248 e. The third-order valence-electron chi connectivity index (χ3n) is 3.56. The average molecular weight is 332 g/mol. The topological polar surface area (TPSA) is 89.3 Å². The number of carbonyl (C=O) groups is 1. The average Bonchev–Trinajstić information content (AvgIpc) is 2.53. The van der Waals surface area contributed by atoms with E-state index in [1.807, 2.05) is 44.2 Å². The number of hydrogen-bond donors (Lipinski definition) is 2. The van der Waals surface area contributed by atoms with Gasteiger partial charge in [0.15, 0.2) is 0 Å². The molecule has 0 aliphatic heterocycles. The molecular weight excluding hydrogens is 312 g/mol. The Morgan fingerprint density at radius 3 is 2.04 bits per heavy atom. The Kier molecular flexibility index (Phi) is 5.18. The summed E-state index contributed by atoms with van der Waals surface area (Å²) in [5, 5.41) is 0. The second-order valence-corrected chi connectivity index (χ2v) is 7.36. The van der Waals surface area contributed by atoms with Gasteiger partial charge in [0.25, 0.3) is 0 Å². The molecule has 2 rings (SSSR count). The summed E-state index contributed by atoms with van der Waals surface area (Å²) in [5.41, 5.74) is 6.34. The van der Waals surface area contributed by atoms with Gasteiger partial charge in [0.1, 0.15) is 0 Å². The van der Waals surface area contributed by atoms with E-state index in [-0.39, 0.29) is 22.4 Å². The third kappa shape index (κ3) is 4.18. The monoisotopic (exact) mass is 332 g/mol. The Bertz CT molecular complexity index is 769. The van der Waals surface area contributed by atoms with E-state index in [0.29, 0.717) is 0 Å². The van der Waals surface area contributed by atoms with Crippen molar-refractivity contribution in [3.63, 3.8) is 0 Å². The van der Waals surface area contributed by atoms with Crippen molar-refractivity contribution in [3.05, 3.63) is 65.7 Å². The molecule has 0 aromatic heterocycles. The summed E-state index contributed by atoms with van der Waals surface area (Å²) < 4.78 is 27.9. The number of amides is 1. The largest absolute Gasteiger partial charge is 0.366 e. The summed E-state index contributed by atoms with van der Waals surface area (Å²) in [6.45, 7) is 3.91. The van der Waals surface area contributed by atoms with Crippen LogP contribution < -0.4 is 10.5 Å². The summed E-state index contributed by atoms with van der Waals surface area (Å²) >= 11 is 0. The Morgan fingerprint density at radius 2 is 1.57 bits per heavy atom. The van der Waals surface area contributed by atoms with Crippen LogP contribution in [0.1, 0.15) is 35.8 Å². The number of nitrogens with one attached hydrogen (secondary N) is 1. The highest BCUT2D eigenvalue weighted by atomic mass is 32.2. The zero-order chi connectivity index (χ0) is 17.0. The van der Waals surface area contributed by atoms with Crippen molar-refractivity contribution in [2.24, 2.45) is 11.7 Å². The highest BCUT2D eigenvalue weighted by molar-refractivity contribution is 7.89. The Balaban J connectivity index is 2.29. The van der Waals surface area contributed by atoms with Crippen molar-refractivity contribution in [2.45, 2.75) is 24.8 Å². The van der Waals surface area contributed by atoms with Gasteiger partial charge in [-0.3, -0.25) is 4.79 Å². The number of carbonyl (C=O) groups excluding carboxylic acids is 1. The summed E-state index contributed by atoms with van der Waals surface area (Å²) in [4.78, 5) is 11.2. The molecule has 0 spiro atoms. The molecule has 0 fully saturated rings. The maximum atomic E-state index is 12.6. The Labute approximate surface area is 136 Å². The standard InChI is InChI=1S/C17H20N2O3S/c1-12(2)16(13-6-4-3-5-7-13)19-23(21,22)15-10-8-14(9-11-15)17(18)20/h3-12,16,19H,1-2H3,(H2,18,20). The lowest BCUT2D eigenvalue weighted by molar-refractivity contribution is 0.1000. The molecule has 3 N–H and O–H groups in total. The molecule has 6 heteroatoms. The second kappa shape index (κ2) is 6.93. The first kappa shape index (κ1) is 17.2. The van der Waals surface area contributed by atoms with Crippen LogP contribution in [-0.4, -0.2) is 14.3 Å². The van der Waals surface area contributed by atoms with Gasteiger partial charge in [-0.2, -0.15) is 0 Å². The van der Waals surface area contributed by atoms with Crippen molar-refractivity contribution < 1.29 is 13.2 Å². The van der Waals surface area contributed by atoms with Gasteiger partial charge in [0, 0.05) is 11.6 Å². The van der Waals surface area contributed by atoms with Crippen LogP contribution in [0.4, 0.5) is 0 Å². The van der Waals surface area contributed by atoms with Gasteiger partial charge in [-0.15, -0.1) is 0 Å². The molecule has 1 unspecified atom stereocenters. The van der Waals surface area contributed by atoms with Gasteiger partial charge in [0.05, 0.1) is 4.90 Å². The molecule has 0 heterocycles. The van der Waals surface area contributed by atoms with E-state index in [2.05, 4.69) is 4.72 Å². The molecule has 2 aromatic rings. The molecule has 5 nitrogen and oxygen atoms in total. The number of benzene rings is 2. The molecule has 1 atom stereocenters. The van der Waals surface area contributed by atoms with E-state index in [9.17, 15) is 13.2 Å². The maximum absolute atomic E-state index is 12.6. The fourth-order valence-electron chi connectivity index (χ4n) is 2.28. The van der Waals surface area contributed by atoms with Crippen LogP contribution >= 0.6 is 0 Å². The van der Waals surface area contributed by atoms with E-state index >= 15 is 0 Å². The van der Waals surface area contributed by atoms with Crippen LogP contribution in [-0.2, 0) is 10.0 Å².